The lowest BCUT2D eigenvalue weighted by Crippen LogP contribution is -2.19. The third-order valence-electron chi connectivity index (χ3n) is 3.21. The Morgan fingerprint density at radius 3 is 2.45 bits per heavy atom. The molecule has 0 aliphatic rings. The van der Waals surface area contributed by atoms with Crippen molar-refractivity contribution < 1.29 is 40.8 Å². The van der Waals surface area contributed by atoms with Crippen molar-refractivity contribution in [2.45, 2.75) is 6.18 Å². The molecule has 0 aliphatic carbocycles. The highest BCUT2D eigenvalue weighted by molar-refractivity contribution is 6.31. The average molecular weight is 419 g/mol. The van der Waals surface area contributed by atoms with Crippen LogP contribution in [0.4, 0.5) is 37.7 Å². The number of halogens is 6. The minimum atomic E-state index is -4.59. The van der Waals surface area contributed by atoms with E-state index in [1.54, 1.807) is 0 Å². The maximum absolute atomic E-state index is 13.4. The fraction of sp³-hybridized carbons (Fsp3) is 0.118. The molecule has 12 heteroatoms. The van der Waals surface area contributed by atoms with Crippen LogP contribution < -0.4 is 10.6 Å². The number of carbonyl (C=O) groups is 2. The molecule has 0 unspecified atom stereocenters. The molecule has 0 aliphatic heterocycles. The van der Waals surface area contributed by atoms with E-state index < -0.39 is 53.3 Å². The standard InChI is InChI=1S/C17H11F6N3O3/c18-11-4-5-12(16(20)15(11)19)26-14(28)8-29-24-7-13(27)25-10-3-1-2-9(6-10)17(21,22)23/h1-7H,8H2,(H,25,27)(H,26,28)/b24-7+. The summed E-state index contributed by atoms with van der Waals surface area (Å²) in [6.45, 7) is -0.814. The van der Waals surface area contributed by atoms with Crippen molar-refractivity contribution >= 4 is 29.4 Å². The van der Waals surface area contributed by atoms with E-state index in [1.807, 2.05) is 5.32 Å². The highest BCUT2D eigenvalue weighted by Crippen LogP contribution is 2.30. The largest absolute Gasteiger partial charge is 0.416 e. The van der Waals surface area contributed by atoms with Gasteiger partial charge in [-0.3, -0.25) is 9.59 Å². The third kappa shape index (κ3) is 6.23. The number of oxime groups is 1. The predicted molar refractivity (Wildman–Crippen MR) is 89.5 cm³/mol. The molecule has 0 heterocycles. The van der Waals surface area contributed by atoms with Gasteiger partial charge in [-0.1, -0.05) is 11.2 Å². The van der Waals surface area contributed by atoms with Gasteiger partial charge in [0, 0.05) is 5.69 Å². The summed E-state index contributed by atoms with van der Waals surface area (Å²) in [4.78, 5) is 27.6. The molecule has 2 aromatic rings. The molecule has 0 fully saturated rings. The van der Waals surface area contributed by atoms with Gasteiger partial charge in [0.15, 0.2) is 24.1 Å². The van der Waals surface area contributed by atoms with E-state index in [-0.39, 0.29) is 5.69 Å². The van der Waals surface area contributed by atoms with E-state index in [9.17, 15) is 35.9 Å². The normalized spacial score (nSPS) is 11.4. The maximum atomic E-state index is 13.4. The molecule has 2 rings (SSSR count). The summed E-state index contributed by atoms with van der Waals surface area (Å²) in [7, 11) is 0. The summed E-state index contributed by atoms with van der Waals surface area (Å²) < 4.78 is 77.0. The van der Waals surface area contributed by atoms with Crippen LogP contribution in [-0.4, -0.2) is 24.6 Å². The van der Waals surface area contributed by atoms with Gasteiger partial charge in [0.1, 0.15) is 6.21 Å². The molecular weight excluding hydrogens is 408 g/mol. The zero-order valence-corrected chi connectivity index (χ0v) is 14.2. The van der Waals surface area contributed by atoms with Crippen LogP contribution in [0.3, 0.4) is 0 Å². The number of amides is 2. The molecule has 154 valence electrons. The minimum Gasteiger partial charge on any atom is -0.385 e. The number of anilines is 2. The molecule has 2 amide bonds. The molecule has 2 aromatic carbocycles. The van der Waals surface area contributed by atoms with Crippen molar-refractivity contribution in [3.8, 4) is 0 Å². The van der Waals surface area contributed by atoms with Crippen LogP contribution in [0.2, 0.25) is 0 Å². The van der Waals surface area contributed by atoms with Crippen molar-refractivity contribution in [2.24, 2.45) is 5.16 Å². The first-order chi connectivity index (χ1) is 13.6. The first-order valence-electron chi connectivity index (χ1n) is 7.65. The van der Waals surface area contributed by atoms with Crippen molar-refractivity contribution in [1.29, 1.82) is 0 Å². The Morgan fingerprint density at radius 1 is 1.03 bits per heavy atom. The van der Waals surface area contributed by atoms with Crippen molar-refractivity contribution in [1.82, 2.24) is 0 Å². The van der Waals surface area contributed by atoms with Gasteiger partial charge in [0.25, 0.3) is 11.8 Å². The second-order valence-corrected chi connectivity index (χ2v) is 5.35. The first kappa shape index (κ1) is 21.7. The van der Waals surface area contributed by atoms with E-state index in [0.29, 0.717) is 18.3 Å². The SMILES string of the molecule is O=C(/C=N/OCC(=O)Nc1ccc(F)c(F)c1F)Nc1cccc(C(F)(F)F)c1. The van der Waals surface area contributed by atoms with Crippen molar-refractivity contribution in [2.75, 3.05) is 17.2 Å². The molecule has 0 spiro atoms. The van der Waals surface area contributed by atoms with E-state index in [4.69, 9.17) is 0 Å². The maximum Gasteiger partial charge on any atom is 0.416 e. The smallest absolute Gasteiger partial charge is 0.385 e. The fourth-order valence-electron chi connectivity index (χ4n) is 1.94. The lowest BCUT2D eigenvalue weighted by atomic mass is 10.2. The van der Waals surface area contributed by atoms with E-state index in [0.717, 1.165) is 18.2 Å². The van der Waals surface area contributed by atoms with Crippen LogP contribution in [0.25, 0.3) is 0 Å². The second-order valence-electron chi connectivity index (χ2n) is 5.35. The molecule has 2 N–H and O–H groups in total. The summed E-state index contributed by atoms with van der Waals surface area (Å²) in [5.41, 5.74) is -1.75. The highest BCUT2D eigenvalue weighted by atomic mass is 19.4. The lowest BCUT2D eigenvalue weighted by Gasteiger charge is -2.08. The highest BCUT2D eigenvalue weighted by Gasteiger charge is 2.30. The predicted octanol–water partition coefficient (Wildman–Crippen LogP) is 3.70. The Kier molecular flexibility index (Phi) is 6.80. The Morgan fingerprint density at radius 2 is 1.76 bits per heavy atom. The number of hydrogen-bond donors (Lipinski definition) is 2. The monoisotopic (exact) mass is 419 g/mol. The van der Waals surface area contributed by atoms with Gasteiger partial charge >= 0.3 is 6.18 Å². The molecule has 6 nitrogen and oxygen atoms in total. The van der Waals surface area contributed by atoms with Gasteiger partial charge in [-0.25, -0.2) is 13.2 Å². The lowest BCUT2D eigenvalue weighted by molar-refractivity contribution is -0.137. The summed E-state index contributed by atoms with van der Waals surface area (Å²) >= 11 is 0. The topological polar surface area (TPSA) is 79.8 Å². The third-order valence-corrected chi connectivity index (χ3v) is 3.21. The minimum absolute atomic E-state index is 0.150. The Bertz CT molecular complexity index is 946. The molecule has 0 atom stereocenters. The number of hydrogen-bond acceptors (Lipinski definition) is 4. The molecule has 0 aromatic heterocycles. The van der Waals surface area contributed by atoms with Crippen LogP contribution in [0.15, 0.2) is 41.6 Å². The van der Waals surface area contributed by atoms with Gasteiger partial charge in [0.05, 0.1) is 11.3 Å². The number of benzene rings is 2. The number of carbonyl (C=O) groups excluding carboxylic acids is 2. The quantitative estimate of drug-likeness (QED) is 0.324. The summed E-state index contributed by atoms with van der Waals surface area (Å²) in [5, 5.41) is 7.13. The van der Waals surface area contributed by atoms with Crippen LogP contribution in [0.5, 0.6) is 0 Å². The van der Waals surface area contributed by atoms with Crippen LogP contribution in [0.1, 0.15) is 5.56 Å². The molecule has 0 radical (unpaired) electrons. The van der Waals surface area contributed by atoms with Crippen LogP contribution in [-0.2, 0) is 20.6 Å². The summed E-state index contributed by atoms with van der Waals surface area (Å²) in [5.74, 6) is -6.76. The molecule has 0 saturated heterocycles. The number of nitrogens with zero attached hydrogens (tertiary/aromatic N) is 1. The first-order valence-corrected chi connectivity index (χ1v) is 7.65. The van der Waals surface area contributed by atoms with Crippen LogP contribution in [0, 0.1) is 17.5 Å². The zero-order chi connectivity index (χ0) is 21.6. The van der Waals surface area contributed by atoms with E-state index in [1.165, 1.54) is 6.07 Å². The Hall–Kier alpha value is -3.57. The Labute approximate surface area is 159 Å². The molecular formula is C17H11F6N3O3. The van der Waals surface area contributed by atoms with Crippen LogP contribution >= 0.6 is 0 Å². The average Bonchev–Trinajstić information content (AvgIpc) is 2.65. The zero-order valence-electron chi connectivity index (χ0n) is 14.2. The van der Waals surface area contributed by atoms with Gasteiger partial charge < -0.3 is 15.5 Å². The molecule has 0 bridgehead atoms. The number of nitrogens with one attached hydrogen (secondary N) is 2. The van der Waals surface area contributed by atoms with Gasteiger partial charge in [-0.2, -0.15) is 13.2 Å². The van der Waals surface area contributed by atoms with Crippen molar-refractivity contribution in [3.05, 3.63) is 59.4 Å². The van der Waals surface area contributed by atoms with E-state index in [2.05, 4.69) is 15.3 Å². The van der Waals surface area contributed by atoms with Crippen molar-refractivity contribution in [3.63, 3.8) is 0 Å². The van der Waals surface area contributed by atoms with Gasteiger partial charge in [-0.15, -0.1) is 0 Å². The molecule has 0 saturated carbocycles. The van der Waals surface area contributed by atoms with Gasteiger partial charge in [0.2, 0.25) is 0 Å². The molecule has 29 heavy (non-hydrogen) atoms. The van der Waals surface area contributed by atoms with E-state index >= 15 is 0 Å². The summed E-state index contributed by atoms with van der Waals surface area (Å²) in [6, 6.07) is 5.22. The summed E-state index contributed by atoms with van der Waals surface area (Å²) in [6.07, 6.45) is -4.04. The Balaban J connectivity index is 1.83. The second kappa shape index (κ2) is 9.08. The fourth-order valence-corrected chi connectivity index (χ4v) is 1.94. The number of alkyl halides is 3. The number of rotatable bonds is 6. The van der Waals surface area contributed by atoms with Gasteiger partial charge in [-0.05, 0) is 30.3 Å².